The zero-order chi connectivity index (χ0) is 13.8. The van der Waals surface area contributed by atoms with E-state index in [9.17, 15) is 0 Å². The summed E-state index contributed by atoms with van der Waals surface area (Å²) in [6.07, 6.45) is 0. The SMILES string of the molecule is CC(C)c1ccccc1OCc1ccc(Cl)c(Cl)c1. The molecule has 0 aromatic heterocycles. The Morgan fingerprint density at radius 1 is 1.00 bits per heavy atom. The van der Waals surface area contributed by atoms with Gasteiger partial charge >= 0.3 is 0 Å². The molecule has 0 saturated heterocycles. The fraction of sp³-hybridized carbons (Fsp3) is 0.250. The lowest BCUT2D eigenvalue weighted by molar-refractivity contribution is 0.302. The Morgan fingerprint density at radius 2 is 1.74 bits per heavy atom. The maximum Gasteiger partial charge on any atom is 0.123 e. The van der Waals surface area contributed by atoms with Crippen molar-refractivity contribution in [1.29, 1.82) is 0 Å². The summed E-state index contributed by atoms with van der Waals surface area (Å²) < 4.78 is 5.88. The van der Waals surface area contributed by atoms with Gasteiger partial charge in [0.25, 0.3) is 0 Å². The number of benzene rings is 2. The van der Waals surface area contributed by atoms with Crippen LogP contribution in [0.4, 0.5) is 0 Å². The van der Waals surface area contributed by atoms with E-state index in [0.29, 0.717) is 22.6 Å². The average Bonchev–Trinajstić information content (AvgIpc) is 2.40. The summed E-state index contributed by atoms with van der Waals surface area (Å²) >= 11 is 11.9. The van der Waals surface area contributed by atoms with E-state index in [2.05, 4.69) is 19.9 Å². The number of rotatable bonds is 4. The molecule has 0 N–H and O–H groups in total. The Bertz CT molecular complexity index is 564. The van der Waals surface area contributed by atoms with Gasteiger partial charge in [0, 0.05) is 0 Å². The van der Waals surface area contributed by atoms with Crippen LogP contribution in [0.3, 0.4) is 0 Å². The van der Waals surface area contributed by atoms with Gasteiger partial charge in [-0.3, -0.25) is 0 Å². The van der Waals surface area contributed by atoms with E-state index in [1.54, 1.807) is 6.07 Å². The van der Waals surface area contributed by atoms with E-state index in [1.807, 2.05) is 30.3 Å². The molecular formula is C16H16Cl2O. The van der Waals surface area contributed by atoms with Crippen LogP contribution in [0, 0.1) is 0 Å². The minimum atomic E-state index is 0.435. The number of hydrogen-bond acceptors (Lipinski definition) is 1. The van der Waals surface area contributed by atoms with Gasteiger partial charge < -0.3 is 4.74 Å². The van der Waals surface area contributed by atoms with Crippen LogP contribution in [0.5, 0.6) is 5.75 Å². The van der Waals surface area contributed by atoms with Crippen LogP contribution in [0.15, 0.2) is 42.5 Å². The molecule has 0 fully saturated rings. The van der Waals surface area contributed by atoms with Crippen LogP contribution < -0.4 is 4.74 Å². The third kappa shape index (κ3) is 3.65. The molecule has 100 valence electrons. The highest BCUT2D eigenvalue weighted by Gasteiger charge is 2.07. The van der Waals surface area contributed by atoms with Crippen molar-refractivity contribution in [1.82, 2.24) is 0 Å². The predicted molar refractivity (Wildman–Crippen MR) is 81.3 cm³/mol. The molecule has 2 aromatic rings. The second kappa shape index (κ2) is 6.31. The number of para-hydroxylation sites is 1. The van der Waals surface area contributed by atoms with Crippen molar-refractivity contribution in [3.63, 3.8) is 0 Å². The van der Waals surface area contributed by atoms with E-state index < -0.39 is 0 Å². The maximum absolute atomic E-state index is 5.99. The van der Waals surface area contributed by atoms with Gasteiger partial charge in [0.15, 0.2) is 0 Å². The van der Waals surface area contributed by atoms with Crippen LogP contribution in [0.2, 0.25) is 10.0 Å². The van der Waals surface area contributed by atoms with Crippen molar-refractivity contribution in [2.45, 2.75) is 26.4 Å². The lowest BCUT2D eigenvalue weighted by atomic mass is 10.0. The van der Waals surface area contributed by atoms with Crippen LogP contribution >= 0.6 is 23.2 Å². The van der Waals surface area contributed by atoms with Crippen LogP contribution in [0.1, 0.15) is 30.9 Å². The van der Waals surface area contributed by atoms with Gasteiger partial charge in [0.2, 0.25) is 0 Å². The summed E-state index contributed by atoms with van der Waals surface area (Å²) in [5.74, 6) is 1.36. The molecule has 0 heterocycles. The standard InChI is InChI=1S/C16H16Cl2O/c1-11(2)13-5-3-4-6-16(13)19-10-12-7-8-14(17)15(18)9-12/h3-9,11H,10H2,1-2H3. The maximum atomic E-state index is 5.99. The van der Waals surface area contributed by atoms with Gasteiger partial charge in [-0.25, -0.2) is 0 Å². The van der Waals surface area contributed by atoms with Crippen LogP contribution in [-0.4, -0.2) is 0 Å². The predicted octanol–water partition coefficient (Wildman–Crippen LogP) is 5.70. The largest absolute Gasteiger partial charge is 0.489 e. The Balaban J connectivity index is 2.12. The third-order valence-electron chi connectivity index (χ3n) is 2.92. The highest BCUT2D eigenvalue weighted by Crippen LogP contribution is 2.27. The monoisotopic (exact) mass is 294 g/mol. The van der Waals surface area contributed by atoms with E-state index in [1.165, 1.54) is 5.56 Å². The highest BCUT2D eigenvalue weighted by molar-refractivity contribution is 6.42. The second-order valence-electron chi connectivity index (χ2n) is 4.73. The zero-order valence-electron chi connectivity index (χ0n) is 11.0. The minimum absolute atomic E-state index is 0.435. The van der Waals surface area contributed by atoms with Crippen molar-refractivity contribution in [3.8, 4) is 5.75 Å². The van der Waals surface area contributed by atoms with Crippen LogP contribution in [0.25, 0.3) is 0 Å². The minimum Gasteiger partial charge on any atom is -0.489 e. The molecule has 3 heteroatoms. The first-order valence-electron chi connectivity index (χ1n) is 6.23. The summed E-state index contributed by atoms with van der Waals surface area (Å²) in [5, 5.41) is 1.12. The van der Waals surface area contributed by atoms with Crippen molar-refractivity contribution in [2.75, 3.05) is 0 Å². The Hall–Kier alpha value is -1.18. The highest BCUT2D eigenvalue weighted by atomic mass is 35.5. The molecule has 2 aromatic carbocycles. The van der Waals surface area contributed by atoms with Gasteiger partial charge in [-0.1, -0.05) is 61.3 Å². The van der Waals surface area contributed by atoms with Gasteiger partial charge in [-0.15, -0.1) is 0 Å². The zero-order valence-corrected chi connectivity index (χ0v) is 12.5. The third-order valence-corrected chi connectivity index (χ3v) is 3.66. The molecule has 1 nitrogen and oxygen atoms in total. The summed E-state index contributed by atoms with van der Waals surface area (Å²) in [4.78, 5) is 0. The number of hydrogen-bond donors (Lipinski definition) is 0. The molecule has 2 rings (SSSR count). The first-order chi connectivity index (χ1) is 9.08. The fourth-order valence-corrected chi connectivity index (χ4v) is 2.20. The first kappa shape index (κ1) is 14.2. The lowest BCUT2D eigenvalue weighted by Crippen LogP contribution is -1.99. The number of halogens is 2. The topological polar surface area (TPSA) is 9.23 Å². The van der Waals surface area contributed by atoms with Crippen molar-refractivity contribution in [3.05, 3.63) is 63.6 Å². The van der Waals surface area contributed by atoms with Crippen molar-refractivity contribution >= 4 is 23.2 Å². The molecule has 0 atom stereocenters. The Kier molecular flexibility index (Phi) is 4.73. The Labute approximate surface area is 124 Å². The molecule has 0 radical (unpaired) electrons. The van der Waals surface area contributed by atoms with Gasteiger partial charge in [0.05, 0.1) is 10.0 Å². The van der Waals surface area contributed by atoms with Crippen molar-refractivity contribution < 1.29 is 4.74 Å². The molecule has 0 aliphatic carbocycles. The van der Waals surface area contributed by atoms with Crippen molar-refractivity contribution in [2.24, 2.45) is 0 Å². The quantitative estimate of drug-likeness (QED) is 0.703. The van der Waals surface area contributed by atoms with E-state index in [-0.39, 0.29) is 0 Å². The molecular weight excluding hydrogens is 279 g/mol. The summed E-state index contributed by atoms with van der Waals surface area (Å²) in [6.45, 7) is 4.79. The lowest BCUT2D eigenvalue weighted by Gasteiger charge is -2.14. The fourth-order valence-electron chi connectivity index (χ4n) is 1.88. The van der Waals surface area contributed by atoms with Crippen LogP contribution in [-0.2, 0) is 6.61 Å². The van der Waals surface area contributed by atoms with E-state index >= 15 is 0 Å². The Morgan fingerprint density at radius 3 is 2.42 bits per heavy atom. The van der Waals surface area contributed by atoms with Gasteiger partial charge in [-0.05, 0) is 35.2 Å². The average molecular weight is 295 g/mol. The normalized spacial score (nSPS) is 10.8. The molecule has 0 bridgehead atoms. The summed E-state index contributed by atoms with van der Waals surface area (Å²) in [5.41, 5.74) is 2.22. The molecule has 0 unspecified atom stereocenters. The first-order valence-corrected chi connectivity index (χ1v) is 6.99. The summed E-state index contributed by atoms with van der Waals surface area (Å²) in [6, 6.07) is 13.6. The molecule has 0 aliphatic rings. The smallest absolute Gasteiger partial charge is 0.123 e. The summed E-state index contributed by atoms with van der Waals surface area (Å²) in [7, 11) is 0. The van der Waals surface area contributed by atoms with E-state index in [0.717, 1.165) is 11.3 Å². The second-order valence-corrected chi connectivity index (χ2v) is 5.54. The van der Waals surface area contributed by atoms with E-state index in [4.69, 9.17) is 27.9 Å². The van der Waals surface area contributed by atoms with Gasteiger partial charge in [0.1, 0.15) is 12.4 Å². The molecule has 19 heavy (non-hydrogen) atoms. The number of ether oxygens (including phenoxy) is 1. The molecule has 0 saturated carbocycles. The molecule has 0 spiro atoms. The van der Waals surface area contributed by atoms with Gasteiger partial charge in [-0.2, -0.15) is 0 Å². The molecule has 0 aliphatic heterocycles. The molecule has 0 amide bonds.